The molecule has 0 aliphatic rings. The van der Waals surface area contributed by atoms with E-state index in [-0.39, 0.29) is 0 Å². The van der Waals surface area contributed by atoms with Crippen LogP contribution >= 0.6 is 22.6 Å². The van der Waals surface area contributed by atoms with E-state index < -0.39 is 0 Å². The highest BCUT2D eigenvalue weighted by Gasteiger charge is 2.00. The van der Waals surface area contributed by atoms with Crippen molar-refractivity contribution >= 4 is 33.6 Å². The van der Waals surface area contributed by atoms with Gasteiger partial charge in [-0.3, -0.25) is 0 Å². The van der Waals surface area contributed by atoms with Gasteiger partial charge in [0.15, 0.2) is 0 Å². The van der Waals surface area contributed by atoms with Crippen LogP contribution in [0.1, 0.15) is 0 Å². The van der Waals surface area contributed by atoms with E-state index in [9.17, 15) is 0 Å². The highest BCUT2D eigenvalue weighted by molar-refractivity contribution is 14.1. The predicted molar refractivity (Wildman–Crippen MR) is 74.2 cm³/mol. The Bertz CT molecular complexity index is 626. The molecular weight excluding hydrogens is 311 g/mol. The first kappa shape index (κ1) is 9.84. The highest BCUT2D eigenvalue weighted by atomic mass is 127. The monoisotopic (exact) mass is 320 g/mol. The zero-order chi connectivity index (χ0) is 11.0. The van der Waals surface area contributed by atoms with Gasteiger partial charge in [0.05, 0.1) is 17.4 Å². The number of hydrogen-bond acceptors (Lipinski definition) is 1. The number of halogens is 1. The van der Waals surface area contributed by atoms with Crippen molar-refractivity contribution in [2.24, 2.45) is 0 Å². The van der Waals surface area contributed by atoms with Gasteiger partial charge in [-0.2, -0.15) is 0 Å². The molecule has 1 aromatic heterocycles. The summed E-state index contributed by atoms with van der Waals surface area (Å²) in [5.41, 5.74) is 4.52. The van der Waals surface area contributed by atoms with E-state index in [1.165, 1.54) is 14.7 Å². The van der Waals surface area contributed by atoms with Gasteiger partial charge in [0.2, 0.25) is 0 Å². The van der Waals surface area contributed by atoms with Crippen LogP contribution in [0.5, 0.6) is 0 Å². The van der Waals surface area contributed by atoms with Gasteiger partial charge < -0.3 is 4.98 Å². The average Bonchev–Trinajstić information content (AvgIpc) is 2.77. The summed E-state index contributed by atoms with van der Waals surface area (Å²) >= 11 is 2.31. The summed E-state index contributed by atoms with van der Waals surface area (Å²) in [7, 11) is 0. The topological polar surface area (TPSA) is 28.7 Å². The molecule has 3 rings (SSSR count). The Hall–Kier alpha value is -1.36. The predicted octanol–water partition coefficient (Wildman–Crippen LogP) is 3.83. The lowest BCUT2D eigenvalue weighted by Gasteiger charge is -2.01. The second kappa shape index (κ2) is 3.90. The van der Waals surface area contributed by atoms with Crippen molar-refractivity contribution in [3.05, 3.63) is 52.4 Å². The van der Waals surface area contributed by atoms with E-state index in [2.05, 4.69) is 75.0 Å². The van der Waals surface area contributed by atoms with E-state index in [0.29, 0.717) is 0 Å². The number of nitrogens with one attached hydrogen (secondary N) is 1. The van der Waals surface area contributed by atoms with Crippen molar-refractivity contribution in [3.8, 4) is 11.1 Å². The van der Waals surface area contributed by atoms with Crippen molar-refractivity contribution in [1.29, 1.82) is 0 Å². The van der Waals surface area contributed by atoms with Gasteiger partial charge in [-0.05, 0) is 58.0 Å². The van der Waals surface area contributed by atoms with Crippen LogP contribution in [-0.2, 0) is 0 Å². The van der Waals surface area contributed by atoms with Crippen molar-refractivity contribution in [1.82, 2.24) is 9.97 Å². The van der Waals surface area contributed by atoms with Gasteiger partial charge in [-0.25, -0.2) is 4.98 Å². The molecule has 2 aromatic carbocycles. The van der Waals surface area contributed by atoms with Crippen LogP contribution in [0.2, 0.25) is 0 Å². The van der Waals surface area contributed by atoms with E-state index in [0.717, 1.165) is 11.0 Å². The third kappa shape index (κ3) is 1.71. The third-order valence-electron chi connectivity index (χ3n) is 2.60. The van der Waals surface area contributed by atoms with Crippen LogP contribution in [0, 0.1) is 3.57 Å². The Morgan fingerprint density at radius 2 is 1.69 bits per heavy atom. The van der Waals surface area contributed by atoms with Crippen molar-refractivity contribution < 1.29 is 0 Å². The SMILES string of the molecule is Ic1ccc(-c2ccc3[nH]cnc3c2)cc1. The molecule has 0 unspecified atom stereocenters. The summed E-state index contributed by atoms with van der Waals surface area (Å²) in [5, 5.41) is 0. The normalized spacial score (nSPS) is 10.8. The van der Waals surface area contributed by atoms with Gasteiger partial charge in [-0.1, -0.05) is 18.2 Å². The van der Waals surface area contributed by atoms with Gasteiger partial charge >= 0.3 is 0 Å². The molecule has 0 saturated carbocycles. The quantitative estimate of drug-likeness (QED) is 0.678. The van der Waals surface area contributed by atoms with Crippen molar-refractivity contribution in [2.45, 2.75) is 0 Å². The number of fused-ring (bicyclic) bond motifs is 1. The minimum atomic E-state index is 1.01. The van der Waals surface area contributed by atoms with Gasteiger partial charge in [0.25, 0.3) is 0 Å². The number of rotatable bonds is 1. The Morgan fingerprint density at radius 3 is 2.50 bits per heavy atom. The molecule has 3 heteroatoms. The molecule has 2 nitrogen and oxygen atoms in total. The largest absolute Gasteiger partial charge is 0.345 e. The smallest absolute Gasteiger partial charge is 0.0931 e. The Balaban J connectivity index is 2.14. The maximum Gasteiger partial charge on any atom is 0.0931 e. The second-order valence-corrected chi connectivity index (χ2v) is 4.89. The fourth-order valence-electron chi connectivity index (χ4n) is 1.75. The van der Waals surface area contributed by atoms with Crippen molar-refractivity contribution in [3.63, 3.8) is 0 Å². The zero-order valence-corrected chi connectivity index (χ0v) is 10.6. The molecule has 16 heavy (non-hydrogen) atoms. The molecule has 0 radical (unpaired) electrons. The summed E-state index contributed by atoms with van der Waals surface area (Å²) in [5.74, 6) is 0. The first-order chi connectivity index (χ1) is 7.83. The number of benzene rings is 2. The lowest BCUT2D eigenvalue weighted by Crippen LogP contribution is -1.79. The molecule has 0 atom stereocenters. The van der Waals surface area contributed by atoms with E-state index >= 15 is 0 Å². The number of H-pyrrole nitrogens is 1. The summed E-state index contributed by atoms with van der Waals surface area (Å²) in [6.45, 7) is 0. The molecule has 1 N–H and O–H groups in total. The molecule has 0 amide bonds. The molecule has 0 saturated heterocycles. The lowest BCUT2D eigenvalue weighted by atomic mass is 10.1. The van der Waals surface area contributed by atoms with Crippen LogP contribution in [-0.4, -0.2) is 9.97 Å². The van der Waals surface area contributed by atoms with Crippen LogP contribution in [0.4, 0.5) is 0 Å². The fraction of sp³-hybridized carbons (Fsp3) is 0. The summed E-state index contributed by atoms with van der Waals surface area (Å²) < 4.78 is 1.25. The number of nitrogens with zero attached hydrogens (tertiary/aromatic N) is 1. The van der Waals surface area contributed by atoms with E-state index in [1.54, 1.807) is 6.33 Å². The summed E-state index contributed by atoms with van der Waals surface area (Å²) in [6, 6.07) is 14.8. The van der Waals surface area contributed by atoms with Crippen LogP contribution in [0.25, 0.3) is 22.2 Å². The first-order valence-corrected chi connectivity index (χ1v) is 6.10. The van der Waals surface area contributed by atoms with E-state index in [4.69, 9.17) is 0 Å². The molecule has 3 aromatic rings. The molecule has 0 bridgehead atoms. The first-order valence-electron chi connectivity index (χ1n) is 5.02. The number of aromatic amines is 1. The average molecular weight is 320 g/mol. The van der Waals surface area contributed by atoms with Crippen LogP contribution in [0.15, 0.2) is 48.8 Å². The van der Waals surface area contributed by atoms with Crippen molar-refractivity contribution in [2.75, 3.05) is 0 Å². The lowest BCUT2D eigenvalue weighted by molar-refractivity contribution is 1.34. The molecule has 78 valence electrons. The molecule has 1 heterocycles. The summed E-state index contributed by atoms with van der Waals surface area (Å²) in [4.78, 5) is 7.36. The third-order valence-corrected chi connectivity index (χ3v) is 3.32. The Labute approximate surface area is 107 Å². The Kier molecular flexibility index (Phi) is 2.40. The van der Waals surface area contributed by atoms with E-state index in [1.807, 2.05) is 0 Å². The van der Waals surface area contributed by atoms with Crippen LogP contribution in [0.3, 0.4) is 0 Å². The number of imidazole rings is 1. The molecule has 0 fully saturated rings. The number of aromatic nitrogens is 2. The molecular formula is C13H9IN2. The maximum absolute atomic E-state index is 4.27. The summed E-state index contributed by atoms with van der Waals surface area (Å²) in [6.07, 6.45) is 1.72. The highest BCUT2D eigenvalue weighted by Crippen LogP contribution is 2.23. The van der Waals surface area contributed by atoms with Gasteiger partial charge in [0, 0.05) is 3.57 Å². The Morgan fingerprint density at radius 1 is 0.938 bits per heavy atom. The fourth-order valence-corrected chi connectivity index (χ4v) is 2.11. The molecule has 0 spiro atoms. The standard InChI is InChI=1S/C13H9IN2/c14-11-4-1-9(2-5-11)10-3-6-12-13(7-10)16-8-15-12/h1-8H,(H,15,16). The number of hydrogen-bond donors (Lipinski definition) is 1. The minimum Gasteiger partial charge on any atom is -0.345 e. The van der Waals surface area contributed by atoms with Crippen LogP contribution < -0.4 is 0 Å². The zero-order valence-electron chi connectivity index (χ0n) is 8.44. The second-order valence-electron chi connectivity index (χ2n) is 3.64. The molecule has 0 aliphatic carbocycles. The molecule has 0 aliphatic heterocycles. The minimum absolute atomic E-state index is 1.01. The van der Waals surface area contributed by atoms with Gasteiger partial charge in [0.1, 0.15) is 0 Å². The maximum atomic E-state index is 4.27. The van der Waals surface area contributed by atoms with Gasteiger partial charge in [-0.15, -0.1) is 0 Å².